The third kappa shape index (κ3) is 2.48. The fraction of sp³-hybridized carbons (Fsp3) is 0.500. The molecular formula is C14H20N2O2. The lowest BCUT2D eigenvalue weighted by Crippen LogP contribution is -2.44. The molecule has 1 fully saturated rings. The van der Waals surface area contributed by atoms with E-state index >= 15 is 0 Å². The highest BCUT2D eigenvalue weighted by Gasteiger charge is 2.24. The summed E-state index contributed by atoms with van der Waals surface area (Å²) in [7, 11) is 1.82. The number of nitrogens with zero attached hydrogens (tertiary/aromatic N) is 1. The summed E-state index contributed by atoms with van der Waals surface area (Å²) in [6, 6.07) is 5.55. The molecule has 0 radical (unpaired) electrons. The summed E-state index contributed by atoms with van der Waals surface area (Å²) in [6.07, 6.45) is 1.93. The lowest BCUT2D eigenvalue weighted by Gasteiger charge is -2.31. The van der Waals surface area contributed by atoms with Crippen LogP contribution in [0.15, 0.2) is 18.2 Å². The Morgan fingerprint density at radius 1 is 1.39 bits per heavy atom. The second kappa shape index (κ2) is 5.40. The molecule has 0 aliphatic carbocycles. The third-order valence-electron chi connectivity index (χ3n) is 3.64. The number of carbonyl (C=O) groups excluding carboxylic acids is 1. The Morgan fingerprint density at radius 2 is 2.06 bits per heavy atom. The molecule has 0 atom stereocenters. The van der Waals surface area contributed by atoms with Crippen LogP contribution in [0.4, 0.5) is 0 Å². The van der Waals surface area contributed by atoms with E-state index in [1.165, 1.54) is 0 Å². The van der Waals surface area contributed by atoms with Crippen molar-refractivity contribution in [1.82, 2.24) is 10.2 Å². The van der Waals surface area contributed by atoms with Crippen molar-refractivity contribution in [2.45, 2.75) is 25.8 Å². The number of aromatic hydroxyl groups is 1. The van der Waals surface area contributed by atoms with Gasteiger partial charge in [0.05, 0.1) is 5.56 Å². The molecule has 0 aromatic heterocycles. The molecule has 4 nitrogen and oxygen atoms in total. The van der Waals surface area contributed by atoms with Crippen molar-refractivity contribution in [3.05, 3.63) is 29.3 Å². The predicted octanol–water partition coefficient (Wildman–Crippen LogP) is 1.52. The topological polar surface area (TPSA) is 52.6 Å². The quantitative estimate of drug-likeness (QED) is 0.834. The highest BCUT2D eigenvalue weighted by molar-refractivity contribution is 5.97. The van der Waals surface area contributed by atoms with Crippen LogP contribution in [0, 0.1) is 6.92 Å². The van der Waals surface area contributed by atoms with Gasteiger partial charge in [-0.15, -0.1) is 0 Å². The number of aryl methyl sites for hydroxylation is 1. The maximum atomic E-state index is 12.4. The number of carbonyl (C=O) groups is 1. The molecule has 0 saturated carbocycles. The van der Waals surface area contributed by atoms with E-state index in [2.05, 4.69) is 5.32 Å². The number of amides is 1. The summed E-state index contributed by atoms with van der Waals surface area (Å²) in [5, 5.41) is 13.2. The molecule has 2 rings (SSSR count). The Kier molecular flexibility index (Phi) is 3.87. The standard InChI is InChI=1S/C14H20N2O2/c1-10-4-3-5-12(13(10)17)14(18)16(2)11-6-8-15-9-7-11/h3-5,11,15,17H,6-9H2,1-2H3. The highest BCUT2D eigenvalue weighted by Crippen LogP contribution is 2.24. The SMILES string of the molecule is Cc1cccc(C(=O)N(C)C2CCNCC2)c1O. The van der Waals surface area contributed by atoms with E-state index in [0.29, 0.717) is 5.56 Å². The van der Waals surface area contributed by atoms with Gasteiger partial charge in [-0.2, -0.15) is 0 Å². The first-order chi connectivity index (χ1) is 8.61. The minimum absolute atomic E-state index is 0.0944. The highest BCUT2D eigenvalue weighted by atomic mass is 16.3. The molecule has 1 saturated heterocycles. The lowest BCUT2D eigenvalue weighted by molar-refractivity contribution is 0.0700. The molecule has 1 amide bonds. The molecule has 0 spiro atoms. The number of rotatable bonds is 2. The number of hydrogen-bond donors (Lipinski definition) is 2. The van der Waals surface area contributed by atoms with Crippen LogP contribution in [-0.2, 0) is 0 Å². The molecule has 4 heteroatoms. The maximum absolute atomic E-state index is 12.4. The molecule has 1 aliphatic rings. The first kappa shape index (κ1) is 12.9. The fourth-order valence-electron chi connectivity index (χ4n) is 2.38. The van der Waals surface area contributed by atoms with Gasteiger partial charge in [-0.05, 0) is 44.5 Å². The number of phenolic OH excluding ortho intramolecular Hbond substituents is 1. The van der Waals surface area contributed by atoms with E-state index in [4.69, 9.17) is 0 Å². The summed E-state index contributed by atoms with van der Waals surface area (Å²) in [4.78, 5) is 14.1. The van der Waals surface area contributed by atoms with E-state index in [-0.39, 0.29) is 17.7 Å². The first-order valence-corrected chi connectivity index (χ1v) is 6.37. The van der Waals surface area contributed by atoms with Gasteiger partial charge in [-0.25, -0.2) is 0 Å². The Bertz CT molecular complexity index is 439. The van der Waals surface area contributed by atoms with Crippen LogP contribution in [-0.4, -0.2) is 42.1 Å². The Balaban J connectivity index is 2.17. The molecule has 1 aromatic rings. The minimum atomic E-state index is -0.0944. The molecule has 0 bridgehead atoms. The van der Waals surface area contributed by atoms with E-state index in [1.54, 1.807) is 30.0 Å². The van der Waals surface area contributed by atoms with Crippen molar-refractivity contribution in [1.29, 1.82) is 0 Å². The first-order valence-electron chi connectivity index (χ1n) is 6.37. The third-order valence-corrected chi connectivity index (χ3v) is 3.64. The van der Waals surface area contributed by atoms with Crippen LogP contribution in [0.2, 0.25) is 0 Å². The van der Waals surface area contributed by atoms with Gasteiger partial charge in [0.25, 0.3) is 5.91 Å². The molecule has 18 heavy (non-hydrogen) atoms. The summed E-state index contributed by atoms with van der Waals surface area (Å²) in [5.41, 5.74) is 1.13. The largest absolute Gasteiger partial charge is 0.507 e. The van der Waals surface area contributed by atoms with Gasteiger partial charge >= 0.3 is 0 Å². The van der Waals surface area contributed by atoms with Crippen molar-refractivity contribution in [3.63, 3.8) is 0 Å². The summed E-state index contributed by atoms with van der Waals surface area (Å²) in [5.74, 6) is 0.00591. The van der Waals surface area contributed by atoms with Crippen molar-refractivity contribution < 1.29 is 9.90 Å². The van der Waals surface area contributed by atoms with Crippen molar-refractivity contribution in [2.75, 3.05) is 20.1 Å². The Hall–Kier alpha value is -1.55. The van der Waals surface area contributed by atoms with Gasteiger partial charge in [0.2, 0.25) is 0 Å². The van der Waals surface area contributed by atoms with Crippen LogP contribution in [0.5, 0.6) is 5.75 Å². The van der Waals surface area contributed by atoms with E-state index in [0.717, 1.165) is 31.5 Å². The number of piperidine rings is 1. The molecule has 98 valence electrons. The number of hydrogen-bond acceptors (Lipinski definition) is 3. The predicted molar refractivity (Wildman–Crippen MR) is 70.8 cm³/mol. The van der Waals surface area contributed by atoms with Crippen molar-refractivity contribution in [2.24, 2.45) is 0 Å². The van der Waals surface area contributed by atoms with Gasteiger partial charge in [0, 0.05) is 13.1 Å². The van der Waals surface area contributed by atoms with Crippen LogP contribution in [0.3, 0.4) is 0 Å². The minimum Gasteiger partial charge on any atom is -0.507 e. The van der Waals surface area contributed by atoms with Crippen LogP contribution < -0.4 is 5.32 Å². The maximum Gasteiger partial charge on any atom is 0.257 e. The van der Waals surface area contributed by atoms with Gasteiger partial charge in [-0.1, -0.05) is 12.1 Å². The van der Waals surface area contributed by atoms with Crippen molar-refractivity contribution in [3.8, 4) is 5.75 Å². The van der Waals surface area contributed by atoms with E-state index in [9.17, 15) is 9.90 Å². The summed E-state index contributed by atoms with van der Waals surface area (Å²) in [6.45, 7) is 3.70. The second-order valence-electron chi connectivity index (χ2n) is 4.87. The Labute approximate surface area is 108 Å². The molecule has 2 N–H and O–H groups in total. The molecule has 1 heterocycles. The normalized spacial score (nSPS) is 16.6. The fourth-order valence-corrected chi connectivity index (χ4v) is 2.38. The molecule has 1 aromatic carbocycles. The summed E-state index contributed by atoms with van der Waals surface area (Å²) >= 11 is 0. The van der Waals surface area contributed by atoms with Gasteiger partial charge in [0.15, 0.2) is 0 Å². The lowest BCUT2D eigenvalue weighted by atomic mass is 10.0. The zero-order valence-corrected chi connectivity index (χ0v) is 10.9. The zero-order chi connectivity index (χ0) is 13.1. The van der Waals surface area contributed by atoms with Crippen LogP contribution >= 0.6 is 0 Å². The smallest absolute Gasteiger partial charge is 0.257 e. The number of nitrogens with one attached hydrogen (secondary N) is 1. The number of para-hydroxylation sites is 1. The molecular weight excluding hydrogens is 228 g/mol. The Morgan fingerprint density at radius 3 is 2.72 bits per heavy atom. The van der Waals surface area contributed by atoms with E-state index < -0.39 is 0 Å². The van der Waals surface area contributed by atoms with E-state index in [1.807, 2.05) is 7.05 Å². The number of benzene rings is 1. The van der Waals surface area contributed by atoms with Crippen LogP contribution in [0.25, 0.3) is 0 Å². The van der Waals surface area contributed by atoms with Gasteiger partial charge in [-0.3, -0.25) is 4.79 Å². The molecule has 0 unspecified atom stereocenters. The number of phenols is 1. The van der Waals surface area contributed by atoms with Crippen molar-refractivity contribution >= 4 is 5.91 Å². The van der Waals surface area contributed by atoms with Gasteiger partial charge in [0.1, 0.15) is 5.75 Å². The average molecular weight is 248 g/mol. The summed E-state index contributed by atoms with van der Waals surface area (Å²) < 4.78 is 0. The average Bonchev–Trinajstić information content (AvgIpc) is 2.41. The zero-order valence-electron chi connectivity index (χ0n) is 10.9. The monoisotopic (exact) mass is 248 g/mol. The van der Waals surface area contributed by atoms with Crippen LogP contribution in [0.1, 0.15) is 28.8 Å². The second-order valence-corrected chi connectivity index (χ2v) is 4.87. The molecule has 1 aliphatic heterocycles. The van der Waals surface area contributed by atoms with Gasteiger partial charge < -0.3 is 15.3 Å².